The molecule has 1 aliphatic heterocycles. The molecule has 0 radical (unpaired) electrons. The number of nitrogens with one attached hydrogen (secondary N) is 1. The van der Waals surface area contributed by atoms with E-state index in [9.17, 15) is 18.0 Å². The van der Waals surface area contributed by atoms with E-state index in [1.165, 1.54) is 12.1 Å². The molecule has 0 bridgehead atoms. The highest BCUT2D eigenvalue weighted by molar-refractivity contribution is 6.04. The quantitative estimate of drug-likeness (QED) is 0.343. The largest absolute Gasteiger partial charge is 0.493 e. The van der Waals surface area contributed by atoms with Crippen LogP contribution in [-0.2, 0) is 11.0 Å². The van der Waals surface area contributed by atoms with E-state index in [-0.39, 0.29) is 18.3 Å². The number of anilines is 1. The predicted molar refractivity (Wildman–Crippen MR) is 128 cm³/mol. The molecule has 3 aromatic carbocycles. The number of halogens is 3. The third-order valence-electron chi connectivity index (χ3n) is 5.68. The third-order valence-corrected chi connectivity index (χ3v) is 5.68. The zero-order chi connectivity index (χ0) is 24.4. The summed E-state index contributed by atoms with van der Waals surface area (Å²) in [6.07, 6.45) is -0.262. The van der Waals surface area contributed by atoms with Crippen LogP contribution in [0.3, 0.4) is 0 Å². The molecule has 5 rings (SSSR count). The van der Waals surface area contributed by atoms with Crippen LogP contribution in [-0.4, -0.2) is 22.5 Å². The molecule has 0 unspecified atom stereocenters. The maximum Gasteiger partial charge on any atom is 0.416 e. The summed E-state index contributed by atoms with van der Waals surface area (Å²) in [7, 11) is 0. The molecule has 8 heteroatoms. The van der Waals surface area contributed by atoms with Gasteiger partial charge in [-0.25, -0.2) is 4.98 Å². The predicted octanol–water partition coefficient (Wildman–Crippen LogP) is 6.51. The van der Waals surface area contributed by atoms with Gasteiger partial charge in [0, 0.05) is 22.9 Å². The Balaban J connectivity index is 1.39. The number of nitrogens with zero attached hydrogens (tertiary/aromatic N) is 2. The van der Waals surface area contributed by atoms with Crippen LogP contribution in [0.2, 0.25) is 0 Å². The number of benzene rings is 3. The lowest BCUT2D eigenvalue weighted by atomic mass is 9.99. The van der Waals surface area contributed by atoms with Crippen LogP contribution in [0.5, 0.6) is 5.75 Å². The van der Waals surface area contributed by atoms with Gasteiger partial charge in [0.1, 0.15) is 5.75 Å². The first kappa shape index (κ1) is 22.6. The number of allylic oxidation sites excluding steroid dienone is 1. The van der Waals surface area contributed by atoms with Gasteiger partial charge >= 0.3 is 6.18 Å². The Morgan fingerprint density at radius 3 is 2.66 bits per heavy atom. The summed E-state index contributed by atoms with van der Waals surface area (Å²) in [5.41, 5.74) is 3.93. The van der Waals surface area contributed by atoms with E-state index in [4.69, 9.17) is 4.74 Å². The van der Waals surface area contributed by atoms with Gasteiger partial charge in [0.05, 0.1) is 35.1 Å². The number of amides is 1. The first-order valence-electron chi connectivity index (χ1n) is 11.0. The molecule has 0 aliphatic carbocycles. The van der Waals surface area contributed by atoms with Gasteiger partial charge in [-0.3, -0.25) is 9.78 Å². The van der Waals surface area contributed by atoms with Crippen LogP contribution in [0.1, 0.15) is 24.0 Å². The van der Waals surface area contributed by atoms with E-state index in [0.717, 1.165) is 28.7 Å². The first-order valence-corrected chi connectivity index (χ1v) is 11.0. The molecule has 0 saturated heterocycles. The summed E-state index contributed by atoms with van der Waals surface area (Å²) in [6.45, 7) is 0.280. The van der Waals surface area contributed by atoms with Crippen LogP contribution in [0.4, 0.5) is 18.9 Å². The van der Waals surface area contributed by atoms with Crippen molar-refractivity contribution < 1.29 is 22.7 Å². The molecule has 0 saturated carbocycles. The summed E-state index contributed by atoms with van der Waals surface area (Å²) < 4.78 is 44.8. The number of hydrogen-bond donors (Lipinski definition) is 1. The molecule has 5 nitrogen and oxygen atoms in total. The summed E-state index contributed by atoms with van der Waals surface area (Å²) in [5.74, 6) is -0.247. The number of rotatable bonds is 3. The fraction of sp³-hybridized carbons (Fsp3) is 0.148. The first-order chi connectivity index (χ1) is 16.9. The molecule has 176 valence electrons. The van der Waals surface area contributed by atoms with Crippen LogP contribution in [0.25, 0.3) is 27.9 Å². The molecule has 2 heterocycles. The van der Waals surface area contributed by atoms with Crippen LogP contribution in [0.15, 0.2) is 79.0 Å². The van der Waals surface area contributed by atoms with Crippen molar-refractivity contribution in [3.05, 3.63) is 90.1 Å². The van der Waals surface area contributed by atoms with E-state index in [0.29, 0.717) is 35.4 Å². The average Bonchev–Trinajstić information content (AvgIpc) is 3.05. The van der Waals surface area contributed by atoms with Crippen LogP contribution < -0.4 is 10.1 Å². The number of hydrogen-bond acceptors (Lipinski definition) is 4. The summed E-state index contributed by atoms with van der Waals surface area (Å²) in [6, 6.07) is 18.2. The molecule has 1 aliphatic rings. The second-order valence-electron chi connectivity index (χ2n) is 8.14. The highest BCUT2D eigenvalue weighted by Crippen LogP contribution is 2.38. The zero-order valence-corrected chi connectivity index (χ0v) is 18.5. The molecule has 0 fully saturated rings. The van der Waals surface area contributed by atoms with E-state index in [1.54, 1.807) is 18.3 Å². The van der Waals surface area contributed by atoms with Crippen molar-refractivity contribution in [2.24, 2.45) is 0 Å². The second-order valence-corrected chi connectivity index (χ2v) is 8.14. The third kappa shape index (κ3) is 5.01. The number of fused-ring (bicyclic) bond motifs is 2. The van der Waals surface area contributed by atoms with Gasteiger partial charge in [-0.05, 0) is 54.8 Å². The average molecular weight is 475 g/mol. The highest BCUT2D eigenvalue weighted by Gasteiger charge is 2.32. The Morgan fingerprint density at radius 1 is 1.00 bits per heavy atom. The maximum atomic E-state index is 13.1. The number of aromatic nitrogens is 2. The maximum absolute atomic E-state index is 13.1. The van der Waals surface area contributed by atoms with Crippen LogP contribution in [0, 0.1) is 0 Å². The minimum absolute atomic E-state index is 0.133. The standard InChI is InChI=1S/C27H20F3N3O2/c28-27(29,30)19-10-11-21-17(6-4-12-35-25(21)15-19)14-26(34)32-20-7-3-5-18(13-20)24-16-31-22-8-1-2-9-23(22)33-24/h1-3,5,7-11,13-16H,4,6,12H2,(H,32,34)/b17-14+. The van der Waals surface area contributed by atoms with E-state index >= 15 is 0 Å². The van der Waals surface area contributed by atoms with Gasteiger partial charge in [-0.15, -0.1) is 0 Å². The lowest BCUT2D eigenvalue weighted by Gasteiger charge is -2.13. The lowest BCUT2D eigenvalue weighted by Crippen LogP contribution is -2.09. The van der Waals surface area contributed by atoms with E-state index in [2.05, 4.69) is 15.3 Å². The molecule has 1 N–H and O–H groups in total. The van der Waals surface area contributed by atoms with Crippen molar-refractivity contribution in [1.29, 1.82) is 0 Å². The topological polar surface area (TPSA) is 64.1 Å². The van der Waals surface area contributed by atoms with Crippen molar-refractivity contribution in [3.63, 3.8) is 0 Å². The van der Waals surface area contributed by atoms with Gasteiger partial charge in [-0.2, -0.15) is 13.2 Å². The van der Waals surface area contributed by atoms with Crippen molar-refractivity contribution in [1.82, 2.24) is 9.97 Å². The smallest absolute Gasteiger partial charge is 0.416 e. The van der Waals surface area contributed by atoms with E-state index in [1.807, 2.05) is 36.4 Å². The summed E-state index contributed by atoms with van der Waals surface area (Å²) in [5, 5.41) is 2.84. The molecule has 1 amide bonds. The van der Waals surface area contributed by atoms with Gasteiger partial charge in [0.25, 0.3) is 0 Å². The number of carbonyl (C=O) groups is 1. The molecular formula is C27H20F3N3O2. The van der Waals surface area contributed by atoms with Gasteiger partial charge in [-0.1, -0.05) is 30.3 Å². The molecular weight excluding hydrogens is 455 g/mol. The molecule has 0 atom stereocenters. The second kappa shape index (κ2) is 9.21. The molecule has 35 heavy (non-hydrogen) atoms. The van der Waals surface area contributed by atoms with Crippen molar-refractivity contribution in [3.8, 4) is 17.0 Å². The van der Waals surface area contributed by atoms with Crippen molar-refractivity contribution in [2.45, 2.75) is 19.0 Å². The minimum Gasteiger partial charge on any atom is -0.493 e. The highest BCUT2D eigenvalue weighted by atomic mass is 19.4. The summed E-state index contributed by atoms with van der Waals surface area (Å²) >= 11 is 0. The van der Waals surface area contributed by atoms with Gasteiger partial charge in [0.15, 0.2) is 0 Å². The minimum atomic E-state index is -4.47. The fourth-order valence-electron chi connectivity index (χ4n) is 4.00. The Bertz CT molecular complexity index is 1450. The number of ether oxygens (including phenoxy) is 1. The van der Waals surface area contributed by atoms with Crippen LogP contribution >= 0.6 is 0 Å². The Hall–Kier alpha value is -4.20. The SMILES string of the molecule is O=C(/C=C1\CCCOc2cc(C(F)(F)F)ccc21)Nc1cccc(-c2cnc3ccccc3n2)c1. The fourth-order valence-corrected chi connectivity index (χ4v) is 4.00. The number of carbonyl (C=O) groups excluding carboxylic acids is 1. The Labute approximate surface area is 199 Å². The van der Waals surface area contributed by atoms with Gasteiger partial charge in [0.2, 0.25) is 5.91 Å². The monoisotopic (exact) mass is 475 g/mol. The molecule has 4 aromatic rings. The van der Waals surface area contributed by atoms with Crippen molar-refractivity contribution in [2.75, 3.05) is 11.9 Å². The van der Waals surface area contributed by atoms with E-state index < -0.39 is 11.7 Å². The number of para-hydroxylation sites is 2. The lowest BCUT2D eigenvalue weighted by molar-refractivity contribution is -0.137. The molecule has 1 aromatic heterocycles. The van der Waals surface area contributed by atoms with Gasteiger partial charge < -0.3 is 10.1 Å². The number of alkyl halides is 3. The Morgan fingerprint density at radius 2 is 1.83 bits per heavy atom. The zero-order valence-electron chi connectivity index (χ0n) is 18.5. The normalized spacial score (nSPS) is 14.8. The molecule has 0 spiro atoms. The van der Waals surface area contributed by atoms with Crippen molar-refractivity contribution >= 4 is 28.2 Å². The summed E-state index contributed by atoms with van der Waals surface area (Å²) in [4.78, 5) is 21.9. The Kier molecular flexibility index (Phi) is 5.94.